The molecule has 5 rings (SSSR count). The molecule has 216 valence electrons. The van der Waals surface area contributed by atoms with Crippen molar-refractivity contribution in [1.82, 2.24) is 9.80 Å². The maximum absolute atomic E-state index is 14.7. The van der Waals surface area contributed by atoms with Gasteiger partial charge >= 0.3 is 0 Å². The fourth-order valence-electron chi connectivity index (χ4n) is 7.46. The van der Waals surface area contributed by atoms with Crippen molar-refractivity contribution < 1.29 is 19.5 Å². The van der Waals surface area contributed by atoms with Gasteiger partial charge in [-0.2, -0.15) is 0 Å². The maximum atomic E-state index is 14.7. The number of amides is 3. The molecule has 1 aromatic carbocycles. The first-order valence-corrected chi connectivity index (χ1v) is 15.6. The summed E-state index contributed by atoms with van der Waals surface area (Å²) in [6, 6.07) is 5.37. The third kappa shape index (κ3) is 4.61. The van der Waals surface area contributed by atoms with Gasteiger partial charge in [0.25, 0.3) is 5.91 Å². The van der Waals surface area contributed by atoms with E-state index in [0.717, 1.165) is 48.9 Å². The first-order chi connectivity index (χ1) is 19.2. The Morgan fingerprint density at radius 2 is 1.60 bits per heavy atom. The van der Waals surface area contributed by atoms with Crippen molar-refractivity contribution in [2.24, 2.45) is 11.8 Å². The lowest BCUT2D eigenvalue weighted by molar-refractivity contribution is -0.143. The number of likely N-dealkylation sites (tertiary alicyclic amines) is 1. The molecule has 0 radical (unpaired) electrons. The van der Waals surface area contributed by atoms with E-state index in [1.165, 1.54) is 0 Å². The van der Waals surface area contributed by atoms with Crippen LogP contribution in [0.15, 0.2) is 42.5 Å². The Morgan fingerprint density at radius 1 is 0.900 bits per heavy atom. The Bertz CT molecular complexity index is 1210. The van der Waals surface area contributed by atoms with Crippen molar-refractivity contribution in [3.8, 4) is 0 Å². The van der Waals surface area contributed by atoms with Crippen LogP contribution in [0.3, 0.4) is 0 Å². The van der Waals surface area contributed by atoms with E-state index in [9.17, 15) is 19.5 Å². The maximum Gasteiger partial charge on any atom is 0.251 e. The molecule has 4 aliphatic heterocycles. The van der Waals surface area contributed by atoms with Crippen LogP contribution in [0.25, 0.3) is 0 Å². The zero-order valence-electron chi connectivity index (χ0n) is 24.3. The Labute approximate surface area is 242 Å². The number of carbonyl (C=O) groups excluding carboxylic acids is 3. The lowest BCUT2D eigenvalue weighted by Crippen LogP contribution is -2.53. The van der Waals surface area contributed by atoms with Crippen molar-refractivity contribution in [2.75, 3.05) is 37.7 Å². The third-order valence-electron chi connectivity index (χ3n) is 9.15. The molecule has 1 aromatic rings. The van der Waals surface area contributed by atoms with Crippen LogP contribution >= 0.6 is 11.8 Å². The first-order valence-electron chi connectivity index (χ1n) is 14.8. The average molecular weight is 566 g/mol. The second-order valence-electron chi connectivity index (χ2n) is 11.9. The molecule has 4 aliphatic rings. The molecule has 3 amide bonds. The Kier molecular flexibility index (Phi) is 8.22. The van der Waals surface area contributed by atoms with Crippen LogP contribution in [0, 0.1) is 25.7 Å². The number of carbonyl (C=O) groups is 3. The minimum Gasteiger partial charge on any atom is -0.396 e. The number of anilines is 1. The zero-order chi connectivity index (χ0) is 28.7. The highest BCUT2D eigenvalue weighted by Gasteiger charge is 2.73. The Hall–Kier alpha value is -2.58. The highest BCUT2D eigenvalue weighted by atomic mass is 32.2. The van der Waals surface area contributed by atoms with E-state index < -0.39 is 27.4 Å². The second-order valence-corrected chi connectivity index (χ2v) is 13.7. The number of fused-ring (bicyclic) bond motifs is 2. The number of aryl methyl sites for hydroxylation is 2. The van der Waals surface area contributed by atoms with Gasteiger partial charge in [0, 0.05) is 43.2 Å². The molecule has 2 fully saturated rings. The molecule has 8 heteroatoms. The van der Waals surface area contributed by atoms with Crippen LogP contribution in [-0.2, 0) is 14.4 Å². The summed E-state index contributed by atoms with van der Waals surface area (Å²) in [4.78, 5) is 48.9. The molecule has 40 heavy (non-hydrogen) atoms. The number of hydrogen-bond acceptors (Lipinski definition) is 5. The molecule has 5 atom stereocenters. The number of thioether (sulfide) groups is 1. The molecule has 0 bridgehead atoms. The summed E-state index contributed by atoms with van der Waals surface area (Å²) in [7, 11) is 0. The number of unbranched alkanes of at least 4 members (excludes halogenated alkanes) is 3. The van der Waals surface area contributed by atoms with Gasteiger partial charge in [-0.3, -0.25) is 14.4 Å². The van der Waals surface area contributed by atoms with Crippen LogP contribution in [0.2, 0.25) is 0 Å². The number of rotatable bonds is 9. The van der Waals surface area contributed by atoms with Gasteiger partial charge in [0.2, 0.25) is 11.8 Å². The molecule has 0 aromatic heterocycles. The Morgan fingerprint density at radius 3 is 2.30 bits per heavy atom. The largest absolute Gasteiger partial charge is 0.396 e. The second kappa shape index (κ2) is 11.4. The summed E-state index contributed by atoms with van der Waals surface area (Å²) < 4.78 is -1.40. The van der Waals surface area contributed by atoms with Gasteiger partial charge < -0.3 is 19.8 Å². The molecule has 1 spiro atoms. The Balaban J connectivity index is 1.59. The predicted octanol–water partition coefficient (Wildman–Crippen LogP) is 4.25. The fraction of sp³-hybridized carbons (Fsp3) is 0.594. The van der Waals surface area contributed by atoms with Crippen molar-refractivity contribution >= 4 is 35.2 Å². The van der Waals surface area contributed by atoms with Gasteiger partial charge in [-0.1, -0.05) is 62.3 Å². The van der Waals surface area contributed by atoms with Gasteiger partial charge in [-0.25, -0.2) is 0 Å². The summed E-state index contributed by atoms with van der Waals surface area (Å²) >= 11 is 1.65. The summed E-state index contributed by atoms with van der Waals surface area (Å²) in [5.41, 5.74) is 2.96. The van der Waals surface area contributed by atoms with Gasteiger partial charge in [-0.05, 0) is 51.2 Å². The normalized spacial score (nSPS) is 31.4. The number of para-hydroxylation sites is 1. The van der Waals surface area contributed by atoms with Crippen molar-refractivity contribution in [1.29, 1.82) is 0 Å². The number of aliphatic hydroxyl groups excluding tert-OH is 1. The number of nitrogens with zero attached hydrogens (tertiary/aromatic N) is 3. The molecule has 4 heterocycles. The predicted molar refractivity (Wildman–Crippen MR) is 160 cm³/mol. The van der Waals surface area contributed by atoms with E-state index in [1.807, 2.05) is 47.9 Å². The fourth-order valence-corrected chi connectivity index (χ4v) is 9.62. The number of aliphatic hydroxyl groups is 1. The smallest absolute Gasteiger partial charge is 0.251 e. The van der Waals surface area contributed by atoms with Crippen molar-refractivity contribution in [3.63, 3.8) is 0 Å². The minimum atomic E-state index is -0.820. The molecular weight excluding hydrogens is 522 g/mol. The lowest BCUT2D eigenvalue weighted by atomic mass is 9.74. The summed E-state index contributed by atoms with van der Waals surface area (Å²) in [6.07, 6.45) is 12.4. The molecule has 1 N–H and O–H groups in total. The van der Waals surface area contributed by atoms with Crippen molar-refractivity contribution in [2.45, 2.75) is 75.3 Å². The van der Waals surface area contributed by atoms with E-state index in [2.05, 4.69) is 32.1 Å². The highest BCUT2D eigenvalue weighted by Crippen LogP contribution is 2.65. The van der Waals surface area contributed by atoms with E-state index >= 15 is 0 Å². The number of hydrogen-bond donors (Lipinski definition) is 1. The van der Waals surface area contributed by atoms with Gasteiger partial charge in [0.05, 0.1) is 16.6 Å². The minimum absolute atomic E-state index is 0.0253. The third-order valence-corrected chi connectivity index (χ3v) is 10.9. The standard InChI is InChI=1S/C32H43N3O4S/c1-5-17-33-18-11-15-31(4)24(28(33)37)25-29(38)35(19-8-6-7-9-21-36)27-30(39)34(20-12-16-32(25,27)40-31)26-22(2)13-10-14-23(26)3/h10-16,24-25,27,36H,5-9,17-21H2,1-4H3/t24-,25+,27?,31+,32+/m1/s1. The molecule has 1 unspecified atom stereocenters. The SMILES string of the molecule is CCCN1CC=C[C@]2(C)S[C@]34C=CCN(c5c(C)cccc5C)C(=O)C3N(CCCCCCO)C(=O)[C@@H]4[C@@H]2C1=O. The van der Waals surface area contributed by atoms with E-state index in [0.29, 0.717) is 26.2 Å². The zero-order valence-corrected chi connectivity index (χ0v) is 25.1. The molecular formula is C32H43N3O4S. The van der Waals surface area contributed by atoms with Crippen LogP contribution in [0.1, 0.15) is 57.1 Å². The van der Waals surface area contributed by atoms with Gasteiger partial charge in [-0.15, -0.1) is 11.8 Å². The van der Waals surface area contributed by atoms with E-state index in [-0.39, 0.29) is 24.3 Å². The highest BCUT2D eigenvalue weighted by molar-refractivity contribution is 8.02. The molecule has 7 nitrogen and oxygen atoms in total. The van der Waals surface area contributed by atoms with Crippen LogP contribution in [0.5, 0.6) is 0 Å². The van der Waals surface area contributed by atoms with Crippen LogP contribution in [-0.4, -0.2) is 80.9 Å². The summed E-state index contributed by atoms with van der Waals surface area (Å²) in [5.74, 6) is -1.24. The van der Waals surface area contributed by atoms with E-state index in [4.69, 9.17) is 0 Å². The average Bonchev–Trinajstić information content (AvgIpc) is 3.18. The van der Waals surface area contributed by atoms with Crippen molar-refractivity contribution in [3.05, 3.63) is 53.6 Å². The molecule has 0 aliphatic carbocycles. The van der Waals surface area contributed by atoms with Gasteiger partial charge in [0.1, 0.15) is 6.04 Å². The van der Waals surface area contributed by atoms with Crippen LogP contribution < -0.4 is 4.90 Å². The quantitative estimate of drug-likeness (QED) is 0.358. The molecule has 0 saturated carbocycles. The lowest BCUT2D eigenvalue weighted by Gasteiger charge is -2.37. The topological polar surface area (TPSA) is 81.2 Å². The van der Waals surface area contributed by atoms with Gasteiger partial charge in [0.15, 0.2) is 0 Å². The monoisotopic (exact) mass is 565 g/mol. The first kappa shape index (κ1) is 28.9. The number of benzene rings is 1. The summed E-state index contributed by atoms with van der Waals surface area (Å²) in [5, 5.41) is 9.20. The van der Waals surface area contributed by atoms with E-state index in [1.54, 1.807) is 16.7 Å². The van der Waals surface area contributed by atoms with Crippen LogP contribution in [0.4, 0.5) is 5.69 Å². The molecule has 2 saturated heterocycles. The summed E-state index contributed by atoms with van der Waals surface area (Å²) in [6.45, 7) is 10.5.